The van der Waals surface area contributed by atoms with Crippen LogP contribution in [0, 0.1) is 0 Å². The normalized spacial score (nSPS) is 14.7. The summed E-state index contributed by atoms with van der Waals surface area (Å²) in [5.41, 5.74) is 2.03. The number of carbonyl (C=O) groups excluding carboxylic acids is 1. The number of imidazole rings is 1. The van der Waals surface area contributed by atoms with Crippen LogP contribution >= 0.6 is 11.6 Å². The summed E-state index contributed by atoms with van der Waals surface area (Å²) < 4.78 is 6.96. The van der Waals surface area contributed by atoms with Gasteiger partial charge in [-0.1, -0.05) is 23.7 Å². The van der Waals surface area contributed by atoms with Gasteiger partial charge >= 0.3 is 0 Å². The number of halogens is 1. The van der Waals surface area contributed by atoms with E-state index in [1.807, 2.05) is 29.2 Å². The van der Waals surface area contributed by atoms with Crippen LogP contribution in [0.5, 0.6) is 5.75 Å². The molecule has 1 saturated heterocycles. The lowest BCUT2D eigenvalue weighted by Crippen LogP contribution is -2.49. The fourth-order valence-electron chi connectivity index (χ4n) is 3.17. The molecular formula is C18H18ClN5O2. The standard InChI is InChI=1S/C18H18ClN5O2/c1-26-15-5-3-2-4-14(15)22-8-10-23(11-9-22)18(25)13-12-24-17(20-13)7-6-16(19)21-24/h2-7,12H,8-11H2,1H3. The first-order valence-corrected chi connectivity index (χ1v) is 8.72. The molecule has 0 unspecified atom stereocenters. The van der Waals surface area contributed by atoms with Crippen molar-refractivity contribution in [2.45, 2.75) is 0 Å². The molecule has 0 atom stereocenters. The van der Waals surface area contributed by atoms with Crippen molar-refractivity contribution in [2.24, 2.45) is 0 Å². The van der Waals surface area contributed by atoms with Crippen molar-refractivity contribution in [2.75, 3.05) is 38.2 Å². The molecule has 2 aromatic heterocycles. The number of amides is 1. The molecule has 0 spiro atoms. The van der Waals surface area contributed by atoms with Gasteiger partial charge in [0.25, 0.3) is 5.91 Å². The van der Waals surface area contributed by atoms with Crippen molar-refractivity contribution in [1.82, 2.24) is 19.5 Å². The summed E-state index contributed by atoms with van der Waals surface area (Å²) in [7, 11) is 1.67. The molecule has 1 fully saturated rings. The Morgan fingerprint density at radius 1 is 1.12 bits per heavy atom. The van der Waals surface area contributed by atoms with E-state index in [9.17, 15) is 4.79 Å². The maximum atomic E-state index is 12.8. The molecule has 0 radical (unpaired) electrons. The lowest BCUT2D eigenvalue weighted by molar-refractivity contribution is 0.0741. The van der Waals surface area contributed by atoms with E-state index in [0.29, 0.717) is 29.6 Å². The van der Waals surface area contributed by atoms with Gasteiger partial charge in [-0.3, -0.25) is 4.79 Å². The monoisotopic (exact) mass is 371 g/mol. The van der Waals surface area contributed by atoms with E-state index in [4.69, 9.17) is 16.3 Å². The predicted octanol–water partition coefficient (Wildman–Crippen LogP) is 2.35. The number of rotatable bonds is 3. The number of para-hydroxylation sites is 2. The van der Waals surface area contributed by atoms with Gasteiger partial charge in [0, 0.05) is 26.2 Å². The van der Waals surface area contributed by atoms with Crippen molar-refractivity contribution in [3.8, 4) is 5.75 Å². The third-order valence-corrected chi connectivity index (χ3v) is 4.70. The minimum absolute atomic E-state index is 0.0914. The molecule has 0 saturated carbocycles. The Morgan fingerprint density at radius 3 is 2.65 bits per heavy atom. The van der Waals surface area contributed by atoms with E-state index < -0.39 is 0 Å². The van der Waals surface area contributed by atoms with Crippen molar-refractivity contribution < 1.29 is 9.53 Å². The highest BCUT2D eigenvalue weighted by molar-refractivity contribution is 6.29. The molecule has 1 aliphatic heterocycles. The maximum absolute atomic E-state index is 12.8. The molecule has 8 heteroatoms. The average Bonchev–Trinajstić information content (AvgIpc) is 3.10. The zero-order valence-electron chi connectivity index (χ0n) is 14.3. The van der Waals surface area contributed by atoms with Gasteiger partial charge in [-0.25, -0.2) is 9.50 Å². The van der Waals surface area contributed by atoms with E-state index in [-0.39, 0.29) is 5.91 Å². The Balaban J connectivity index is 1.47. The smallest absolute Gasteiger partial charge is 0.274 e. The Hall–Kier alpha value is -2.80. The first-order valence-electron chi connectivity index (χ1n) is 8.35. The van der Waals surface area contributed by atoms with Crippen LogP contribution in [0.4, 0.5) is 5.69 Å². The zero-order chi connectivity index (χ0) is 18.1. The van der Waals surface area contributed by atoms with E-state index in [1.54, 1.807) is 25.4 Å². The number of fused-ring (bicyclic) bond motifs is 1. The van der Waals surface area contributed by atoms with Crippen LogP contribution in [-0.4, -0.2) is 58.7 Å². The highest BCUT2D eigenvalue weighted by atomic mass is 35.5. The van der Waals surface area contributed by atoms with Crippen LogP contribution in [0.2, 0.25) is 5.15 Å². The van der Waals surface area contributed by atoms with Crippen LogP contribution in [0.25, 0.3) is 5.65 Å². The topological polar surface area (TPSA) is 63.0 Å². The van der Waals surface area contributed by atoms with Gasteiger partial charge in [0.15, 0.2) is 5.65 Å². The largest absolute Gasteiger partial charge is 0.495 e. The number of benzene rings is 1. The SMILES string of the molecule is COc1ccccc1N1CCN(C(=O)c2cn3nc(Cl)ccc3n2)CC1. The molecule has 1 aliphatic rings. The Bertz CT molecular complexity index is 950. The molecule has 0 aliphatic carbocycles. The number of methoxy groups -OCH3 is 1. The van der Waals surface area contributed by atoms with E-state index in [2.05, 4.69) is 15.0 Å². The number of hydrogen-bond donors (Lipinski definition) is 0. The van der Waals surface area contributed by atoms with Gasteiger partial charge < -0.3 is 14.5 Å². The van der Waals surface area contributed by atoms with Crippen LogP contribution in [-0.2, 0) is 0 Å². The lowest BCUT2D eigenvalue weighted by atomic mass is 10.2. The highest BCUT2D eigenvalue weighted by Crippen LogP contribution is 2.28. The molecule has 1 aromatic carbocycles. The van der Waals surface area contributed by atoms with E-state index >= 15 is 0 Å². The van der Waals surface area contributed by atoms with Crippen LogP contribution in [0.15, 0.2) is 42.6 Å². The van der Waals surface area contributed by atoms with Gasteiger partial charge in [0.1, 0.15) is 16.6 Å². The highest BCUT2D eigenvalue weighted by Gasteiger charge is 2.25. The van der Waals surface area contributed by atoms with Gasteiger partial charge in [-0.2, -0.15) is 5.10 Å². The second-order valence-corrected chi connectivity index (χ2v) is 6.42. The molecule has 3 aromatic rings. The van der Waals surface area contributed by atoms with Crippen LogP contribution in [0.1, 0.15) is 10.5 Å². The molecule has 1 amide bonds. The summed E-state index contributed by atoms with van der Waals surface area (Å²) in [6.07, 6.45) is 1.62. The summed E-state index contributed by atoms with van der Waals surface area (Å²) in [6.45, 7) is 2.73. The van der Waals surface area contributed by atoms with E-state index in [1.165, 1.54) is 4.52 Å². The van der Waals surface area contributed by atoms with Gasteiger partial charge in [-0.05, 0) is 24.3 Å². The summed E-state index contributed by atoms with van der Waals surface area (Å²) in [4.78, 5) is 21.2. The number of nitrogens with zero attached hydrogens (tertiary/aromatic N) is 5. The third kappa shape index (κ3) is 3.06. The molecule has 4 rings (SSSR count). The molecular weight excluding hydrogens is 354 g/mol. The van der Waals surface area contributed by atoms with E-state index in [0.717, 1.165) is 24.5 Å². The van der Waals surface area contributed by atoms with Gasteiger partial charge in [-0.15, -0.1) is 0 Å². The number of piperazine rings is 1. The fraction of sp³-hybridized carbons (Fsp3) is 0.278. The van der Waals surface area contributed by atoms with Crippen LogP contribution < -0.4 is 9.64 Å². The molecule has 3 heterocycles. The number of carbonyl (C=O) groups is 1. The summed E-state index contributed by atoms with van der Waals surface area (Å²) in [6, 6.07) is 11.3. The van der Waals surface area contributed by atoms with Crippen molar-refractivity contribution in [3.05, 3.63) is 53.4 Å². The minimum Gasteiger partial charge on any atom is -0.495 e. The summed E-state index contributed by atoms with van der Waals surface area (Å²) in [5, 5.41) is 4.48. The fourth-order valence-corrected chi connectivity index (χ4v) is 3.31. The number of hydrogen-bond acceptors (Lipinski definition) is 5. The van der Waals surface area contributed by atoms with Crippen molar-refractivity contribution >= 4 is 28.8 Å². The van der Waals surface area contributed by atoms with Gasteiger partial charge in [0.2, 0.25) is 0 Å². The van der Waals surface area contributed by atoms with Crippen molar-refractivity contribution in [1.29, 1.82) is 0 Å². The first-order chi connectivity index (χ1) is 12.7. The van der Waals surface area contributed by atoms with Crippen LogP contribution in [0.3, 0.4) is 0 Å². The van der Waals surface area contributed by atoms with Gasteiger partial charge in [0.05, 0.1) is 19.0 Å². The molecule has 0 bridgehead atoms. The predicted molar refractivity (Wildman–Crippen MR) is 99.1 cm³/mol. The molecule has 7 nitrogen and oxygen atoms in total. The zero-order valence-corrected chi connectivity index (χ0v) is 15.1. The lowest BCUT2D eigenvalue weighted by Gasteiger charge is -2.36. The Labute approximate surface area is 155 Å². The number of ether oxygens (including phenoxy) is 1. The second-order valence-electron chi connectivity index (χ2n) is 6.04. The number of anilines is 1. The summed E-state index contributed by atoms with van der Waals surface area (Å²) >= 11 is 5.88. The Kier molecular flexibility index (Phi) is 4.38. The van der Waals surface area contributed by atoms with Crippen molar-refractivity contribution in [3.63, 3.8) is 0 Å². The third-order valence-electron chi connectivity index (χ3n) is 4.50. The number of aromatic nitrogens is 3. The maximum Gasteiger partial charge on any atom is 0.274 e. The second kappa shape index (κ2) is 6.84. The summed E-state index contributed by atoms with van der Waals surface area (Å²) in [5.74, 6) is 0.752. The Morgan fingerprint density at radius 2 is 1.88 bits per heavy atom. The molecule has 134 valence electrons. The minimum atomic E-state index is -0.0914. The first kappa shape index (κ1) is 16.7. The average molecular weight is 372 g/mol. The molecule has 0 N–H and O–H groups in total. The quantitative estimate of drug-likeness (QED) is 0.707. The molecule has 26 heavy (non-hydrogen) atoms.